The lowest BCUT2D eigenvalue weighted by molar-refractivity contribution is -0.137. The number of benzene rings is 1. The van der Waals surface area contributed by atoms with Gasteiger partial charge in [-0.05, 0) is 12.0 Å². The number of nitrogens with one attached hydrogen (secondary N) is 1. The molecule has 1 unspecified atom stereocenters. The van der Waals surface area contributed by atoms with E-state index in [0.29, 0.717) is 6.54 Å². The van der Waals surface area contributed by atoms with Gasteiger partial charge < -0.3 is 10.4 Å². The van der Waals surface area contributed by atoms with E-state index >= 15 is 0 Å². The van der Waals surface area contributed by atoms with Gasteiger partial charge in [0, 0.05) is 17.7 Å². The van der Waals surface area contributed by atoms with E-state index in [1.165, 1.54) is 0 Å². The third-order valence-corrected chi connectivity index (χ3v) is 4.53. The van der Waals surface area contributed by atoms with E-state index in [0.717, 1.165) is 22.7 Å². The summed E-state index contributed by atoms with van der Waals surface area (Å²) in [6.07, 6.45) is 0.975. The largest absolute Gasteiger partial charge is 0.481 e. The minimum Gasteiger partial charge on any atom is -0.481 e. The molecular weight excluding hydrogens is 312 g/mol. The molecule has 0 aliphatic heterocycles. The predicted octanol–water partition coefficient (Wildman–Crippen LogP) is 2.97. The zero-order valence-electron chi connectivity index (χ0n) is 13.0. The van der Waals surface area contributed by atoms with Crippen LogP contribution in [0, 0.1) is 0 Å². The summed E-state index contributed by atoms with van der Waals surface area (Å²) in [6, 6.07) is 9.28. The molecule has 1 amide bonds. The maximum absolute atomic E-state index is 12.1. The van der Waals surface area contributed by atoms with Crippen molar-refractivity contribution in [3.8, 4) is 0 Å². The molecule has 2 aromatic rings. The molecule has 0 aliphatic rings. The second kappa shape index (κ2) is 8.43. The highest BCUT2D eigenvalue weighted by atomic mass is 32.1. The van der Waals surface area contributed by atoms with Crippen molar-refractivity contribution < 1.29 is 14.7 Å². The van der Waals surface area contributed by atoms with Gasteiger partial charge in [0.25, 0.3) is 0 Å². The highest BCUT2D eigenvalue weighted by Crippen LogP contribution is 2.23. The third kappa shape index (κ3) is 5.49. The second-order valence-electron chi connectivity index (χ2n) is 5.27. The summed E-state index contributed by atoms with van der Waals surface area (Å²) < 4.78 is 0. The topological polar surface area (TPSA) is 79.3 Å². The molecule has 1 aromatic heterocycles. The zero-order valence-corrected chi connectivity index (χ0v) is 13.8. The number of carbonyl (C=O) groups is 2. The Morgan fingerprint density at radius 3 is 2.61 bits per heavy atom. The second-order valence-corrected chi connectivity index (χ2v) is 6.22. The highest BCUT2D eigenvalue weighted by molar-refractivity contribution is 7.09. The van der Waals surface area contributed by atoms with Gasteiger partial charge in [0.2, 0.25) is 5.91 Å². The molecule has 0 spiro atoms. The number of carbonyl (C=O) groups excluding carboxylic acids is 1. The molecule has 1 atom stereocenters. The van der Waals surface area contributed by atoms with Gasteiger partial charge in [-0.3, -0.25) is 9.59 Å². The molecule has 0 radical (unpaired) electrons. The molecule has 0 saturated carbocycles. The van der Waals surface area contributed by atoms with E-state index in [4.69, 9.17) is 5.11 Å². The summed E-state index contributed by atoms with van der Waals surface area (Å²) in [7, 11) is 0. The zero-order chi connectivity index (χ0) is 16.7. The Bertz CT molecular complexity index is 655. The van der Waals surface area contributed by atoms with Gasteiger partial charge in [-0.25, -0.2) is 4.98 Å². The van der Waals surface area contributed by atoms with Crippen LogP contribution in [0.2, 0.25) is 0 Å². The molecule has 0 bridgehead atoms. The maximum atomic E-state index is 12.1. The molecule has 0 fully saturated rings. The van der Waals surface area contributed by atoms with Gasteiger partial charge in [-0.15, -0.1) is 11.3 Å². The van der Waals surface area contributed by atoms with E-state index in [-0.39, 0.29) is 24.7 Å². The summed E-state index contributed by atoms with van der Waals surface area (Å²) in [6.45, 7) is 2.42. The van der Waals surface area contributed by atoms with Crippen molar-refractivity contribution in [2.45, 2.75) is 38.6 Å². The number of hydrogen-bond donors (Lipinski definition) is 2. The number of nitrogens with zero attached hydrogens (tertiary/aromatic N) is 1. The van der Waals surface area contributed by atoms with Crippen LogP contribution in [0.5, 0.6) is 0 Å². The summed E-state index contributed by atoms with van der Waals surface area (Å²) >= 11 is 1.58. The van der Waals surface area contributed by atoms with E-state index < -0.39 is 5.97 Å². The van der Waals surface area contributed by atoms with Crippen LogP contribution in [0.25, 0.3) is 0 Å². The number of rotatable bonds is 8. The normalized spacial score (nSPS) is 11.9. The number of aryl methyl sites for hydroxylation is 1. The van der Waals surface area contributed by atoms with Crippen LogP contribution in [0.1, 0.15) is 41.9 Å². The number of aromatic nitrogens is 1. The first-order chi connectivity index (χ1) is 11.1. The minimum absolute atomic E-state index is 0.0614. The molecule has 23 heavy (non-hydrogen) atoms. The van der Waals surface area contributed by atoms with Gasteiger partial charge in [-0.2, -0.15) is 0 Å². The summed E-state index contributed by atoms with van der Waals surface area (Å²) in [4.78, 5) is 27.6. The Morgan fingerprint density at radius 1 is 1.26 bits per heavy atom. The fourth-order valence-corrected chi connectivity index (χ4v) is 3.07. The van der Waals surface area contributed by atoms with Crippen molar-refractivity contribution in [3.63, 3.8) is 0 Å². The Hall–Kier alpha value is -2.21. The average Bonchev–Trinajstić information content (AvgIpc) is 3.01. The number of hydrogen-bond acceptors (Lipinski definition) is 4. The van der Waals surface area contributed by atoms with Crippen LogP contribution in [0.3, 0.4) is 0 Å². The number of amides is 1. The number of carboxylic acid groups (broad SMARTS) is 1. The van der Waals surface area contributed by atoms with Crippen molar-refractivity contribution in [1.29, 1.82) is 0 Å². The van der Waals surface area contributed by atoms with E-state index in [2.05, 4.69) is 10.3 Å². The fourth-order valence-electron chi connectivity index (χ4n) is 2.32. The van der Waals surface area contributed by atoms with Gasteiger partial charge >= 0.3 is 5.97 Å². The molecule has 122 valence electrons. The van der Waals surface area contributed by atoms with Crippen molar-refractivity contribution in [1.82, 2.24) is 10.3 Å². The Morgan fingerprint density at radius 2 is 2.00 bits per heavy atom. The first-order valence-corrected chi connectivity index (χ1v) is 8.43. The van der Waals surface area contributed by atoms with E-state index in [1.807, 2.05) is 42.6 Å². The lowest BCUT2D eigenvalue weighted by Gasteiger charge is -2.15. The monoisotopic (exact) mass is 332 g/mol. The summed E-state index contributed by atoms with van der Waals surface area (Å²) in [5, 5.41) is 14.9. The van der Waals surface area contributed by atoms with Gasteiger partial charge in [0.15, 0.2) is 0 Å². The molecule has 6 heteroatoms. The average molecular weight is 332 g/mol. The quantitative estimate of drug-likeness (QED) is 0.779. The molecule has 1 heterocycles. The van der Waals surface area contributed by atoms with E-state index in [1.54, 1.807) is 11.3 Å². The first kappa shape index (κ1) is 17.1. The van der Waals surface area contributed by atoms with Crippen LogP contribution < -0.4 is 5.32 Å². The standard InChI is InChI=1S/C17H20N2O3S/c1-2-16-19-14(11-23-16)10-18-15(20)8-13(9-17(21)22)12-6-4-3-5-7-12/h3-7,11,13H,2,8-10H2,1H3,(H,18,20)(H,21,22). The van der Waals surface area contributed by atoms with Crippen LogP contribution in [0.15, 0.2) is 35.7 Å². The molecule has 2 rings (SSSR count). The number of aliphatic carboxylic acids is 1. The van der Waals surface area contributed by atoms with Gasteiger partial charge in [-0.1, -0.05) is 37.3 Å². The minimum atomic E-state index is -0.904. The van der Waals surface area contributed by atoms with Gasteiger partial charge in [0.1, 0.15) is 0 Å². The Kier molecular flexibility index (Phi) is 6.29. The van der Waals surface area contributed by atoms with E-state index in [9.17, 15) is 9.59 Å². The fraction of sp³-hybridized carbons (Fsp3) is 0.353. The van der Waals surface area contributed by atoms with Crippen molar-refractivity contribution in [2.75, 3.05) is 0 Å². The Balaban J connectivity index is 1.93. The molecule has 1 aromatic carbocycles. The SMILES string of the molecule is CCc1nc(CNC(=O)CC(CC(=O)O)c2ccccc2)cs1. The molecular formula is C17H20N2O3S. The highest BCUT2D eigenvalue weighted by Gasteiger charge is 2.19. The predicted molar refractivity (Wildman–Crippen MR) is 89.4 cm³/mol. The number of carboxylic acids is 1. The lowest BCUT2D eigenvalue weighted by Crippen LogP contribution is -2.25. The summed E-state index contributed by atoms with van der Waals surface area (Å²) in [5.41, 5.74) is 1.71. The van der Waals surface area contributed by atoms with Crippen LogP contribution in [-0.4, -0.2) is 22.0 Å². The van der Waals surface area contributed by atoms with Crippen molar-refractivity contribution >= 4 is 23.2 Å². The van der Waals surface area contributed by atoms with Crippen molar-refractivity contribution in [2.24, 2.45) is 0 Å². The molecule has 0 saturated heterocycles. The molecule has 2 N–H and O–H groups in total. The first-order valence-electron chi connectivity index (χ1n) is 7.55. The smallest absolute Gasteiger partial charge is 0.303 e. The van der Waals surface area contributed by atoms with Crippen LogP contribution in [0.4, 0.5) is 0 Å². The number of thiazole rings is 1. The van der Waals surface area contributed by atoms with Crippen LogP contribution in [-0.2, 0) is 22.6 Å². The lowest BCUT2D eigenvalue weighted by atomic mass is 9.92. The third-order valence-electron chi connectivity index (χ3n) is 3.49. The van der Waals surface area contributed by atoms with Crippen molar-refractivity contribution in [3.05, 3.63) is 52.0 Å². The molecule has 5 nitrogen and oxygen atoms in total. The Labute approximate surface area is 139 Å². The molecule has 0 aliphatic carbocycles. The summed E-state index contributed by atoms with van der Waals surface area (Å²) in [5.74, 6) is -1.39. The maximum Gasteiger partial charge on any atom is 0.303 e. The van der Waals surface area contributed by atoms with Crippen LogP contribution >= 0.6 is 11.3 Å². The van der Waals surface area contributed by atoms with Gasteiger partial charge in [0.05, 0.1) is 23.7 Å².